The summed E-state index contributed by atoms with van der Waals surface area (Å²) in [6, 6.07) is 2.86. The van der Waals surface area contributed by atoms with Crippen LogP contribution in [0.1, 0.15) is 32.6 Å². The molecule has 1 aromatic rings. The number of likely N-dealkylation sites (N-methyl/N-ethyl adjacent to an activating group) is 1. The topological polar surface area (TPSA) is 86.8 Å². The van der Waals surface area contributed by atoms with Crippen LogP contribution >= 0.6 is 22.9 Å². The van der Waals surface area contributed by atoms with Gasteiger partial charge in [-0.1, -0.05) is 11.6 Å². The minimum absolute atomic E-state index is 0.00328. The lowest BCUT2D eigenvalue weighted by atomic mass is 10.2. The number of thiophene rings is 1. The Kier molecular flexibility index (Phi) is 7.52. The first-order valence-corrected chi connectivity index (χ1v) is 12.0. The maximum Gasteiger partial charge on any atom is 0.271 e. The maximum atomic E-state index is 12.7. The largest absolute Gasteiger partial charge is 0.339 e. The molecular formula is C18H26ClN3O4S2. The smallest absolute Gasteiger partial charge is 0.271 e. The van der Waals surface area contributed by atoms with E-state index < -0.39 is 22.0 Å². The molecule has 0 unspecified atom stereocenters. The molecule has 2 amide bonds. The third kappa shape index (κ3) is 5.48. The summed E-state index contributed by atoms with van der Waals surface area (Å²) in [5.74, 6) is -0.791. The molecule has 0 radical (unpaired) electrons. The third-order valence-electron chi connectivity index (χ3n) is 4.57. The van der Waals surface area contributed by atoms with Gasteiger partial charge in [-0.2, -0.15) is 0 Å². The van der Waals surface area contributed by atoms with Crippen molar-refractivity contribution in [1.82, 2.24) is 14.5 Å². The van der Waals surface area contributed by atoms with E-state index in [1.165, 1.54) is 22.3 Å². The molecule has 7 nitrogen and oxygen atoms in total. The third-order valence-corrected chi connectivity index (χ3v) is 7.13. The van der Waals surface area contributed by atoms with Crippen molar-refractivity contribution in [3.8, 4) is 0 Å². The Hall–Kier alpha value is -1.58. The summed E-state index contributed by atoms with van der Waals surface area (Å²) in [6.45, 7) is 8.12. The Labute approximate surface area is 175 Å². The van der Waals surface area contributed by atoms with Gasteiger partial charge < -0.3 is 9.80 Å². The number of aryl methyl sites for hydroxylation is 1. The zero-order valence-electron chi connectivity index (χ0n) is 16.4. The fraction of sp³-hybridized carbons (Fsp3) is 0.556. The zero-order chi connectivity index (χ0) is 21.1. The molecule has 10 heteroatoms. The molecule has 1 aliphatic rings. The van der Waals surface area contributed by atoms with E-state index in [1.54, 1.807) is 24.0 Å². The lowest BCUT2D eigenvalue weighted by Crippen LogP contribution is -2.50. The first kappa shape index (κ1) is 22.7. The Morgan fingerprint density at radius 3 is 2.57 bits per heavy atom. The second-order valence-corrected chi connectivity index (χ2v) is 10.5. The highest BCUT2D eigenvalue weighted by Crippen LogP contribution is 2.22. The minimum Gasteiger partial charge on any atom is -0.339 e. The number of hydrogen-bond acceptors (Lipinski definition) is 5. The average Bonchev–Trinajstić information content (AvgIpc) is 3.19. The molecule has 0 fully saturated rings. The average molecular weight is 448 g/mol. The molecule has 28 heavy (non-hydrogen) atoms. The van der Waals surface area contributed by atoms with Gasteiger partial charge in [-0.25, -0.2) is 8.42 Å². The van der Waals surface area contributed by atoms with Crippen LogP contribution < -0.4 is 4.72 Å². The van der Waals surface area contributed by atoms with Crippen LogP contribution in [0.15, 0.2) is 23.9 Å². The van der Waals surface area contributed by atoms with E-state index >= 15 is 0 Å². The van der Waals surface area contributed by atoms with E-state index in [0.717, 1.165) is 4.88 Å². The van der Waals surface area contributed by atoms with Gasteiger partial charge in [0.15, 0.2) is 0 Å². The first-order valence-electron chi connectivity index (χ1n) is 9.12. The van der Waals surface area contributed by atoms with Crippen LogP contribution in [0.2, 0.25) is 4.34 Å². The van der Waals surface area contributed by atoms with Crippen molar-refractivity contribution >= 4 is 44.8 Å². The summed E-state index contributed by atoms with van der Waals surface area (Å²) in [7, 11) is -3.69. The number of sulfonamides is 1. The fourth-order valence-corrected chi connectivity index (χ4v) is 5.33. The lowest BCUT2D eigenvalue weighted by molar-refractivity contribution is -0.143. The molecule has 1 atom stereocenters. The number of carbonyl (C=O) groups is 2. The van der Waals surface area contributed by atoms with Crippen LogP contribution in [0.3, 0.4) is 0 Å². The van der Waals surface area contributed by atoms with Crippen molar-refractivity contribution in [3.63, 3.8) is 0 Å². The van der Waals surface area contributed by atoms with Gasteiger partial charge in [0.1, 0.15) is 11.7 Å². The molecule has 1 aliphatic heterocycles. The van der Waals surface area contributed by atoms with Gasteiger partial charge in [-0.15, -0.1) is 11.3 Å². The van der Waals surface area contributed by atoms with E-state index in [1.807, 2.05) is 20.8 Å². The van der Waals surface area contributed by atoms with Gasteiger partial charge in [0, 0.05) is 24.0 Å². The van der Waals surface area contributed by atoms with Crippen LogP contribution in [0.5, 0.6) is 0 Å². The van der Waals surface area contributed by atoms with Gasteiger partial charge in [0.05, 0.1) is 10.1 Å². The number of amides is 2. The van der Waals surface area contributed by atoms with Gasteiger partial charge >= 0.3 is 0 Å². The molecular weight excluding hydrogens is 422 g/mol. The van der Waals surface area contributed by atoms with E-state index in [4.69, 9.17) is 11.6 Å². The maximum absolute atomic E-state index is 12.7. The first-order chi connectivity index (χ1) is 13.1. The fourth-order valence-electron chi connectivity index (χ4n) is 3.02. The van der Waals surface area contributed by atoms with Crippen LogP contribution in [0, 0.1) is 0 Å². The van der Waals surface area contributed by atoms with Gasteiger partial charge in [0.2, 0.25) is 15.9 Å². The van der Waals surface area contributed by atoms with Gasteiger partial charge in [-0.3, -0.25) is 14.3 Å². The Morgan fingerprint density at radius 2 is 2.04 bits per heavy atom. The second kappa shape index (κ2) is 9.28. The van der Waals surface area contributed by atoms with Crippen molar-refractivity contribution in [2.24, 2.45) is 0 Å². The Balaban J connectivity index is 1.97. The quantitative estimate of drug-likeness (QED) is 0.628. The van der Waals surface area contributed by atoms with E-state index in [0.29, 0.717) is 17.3 Å². The van der Waals surface area contributed by atoms with Crippen LogP contribution in [-0.4, -0.2) is 61.0 Å². The number of hydrogen-bond donors (Lipinski definition) is 1. The summed E-state index contributed by atoms with van der Waals surface area (Å²) in [6.07, 6.45) is 1.82. The Morgan fingerprint density at radius 1 is 1.36 bits per heavy atom. The highest BCUT2D eigenvalue weighted by atomic mass is 35.5. The van der Waals surface area contributed by atoms with Crippen LogP contribution in [-0.2, 0) is 26.0 Å². The second-order valence-electron chi connectivity index (χ2n) is 6.85. The molecule has 0 aliphatic carbocycles. The van der Waals surface area contributed by atoms with Crippen molar-refractivity contribution in [3.05, 3.63) is 33.1 Å². The molecule has 1 N–H and O–H groups in total. The van der Waals surface area contributed by atoms with Crippen molar-refractivity contribution in [2.45, 2.75) is 46.2 Å². The van der Waals surface area contributed by atoms with Crippen molar-refractivity contribution < 1.29 is 18.0 Å². The van der Waals surface area contributed by atoms with Crippen molar-refractivity contribution in [1.29, 1.82) is 0 Å². The Bertz CT molecular complexity index is 864. The zero-order valence-corrected chi connectivity index (χ0v) is 18.8. The molecule has 0 aromatic carbocycles. The predicted molar refractivity (Wildman–Crippen MR) is 112 cm³/mol. The number of nitrogens with one attached hydrogen (secondary N) is 1. The molecule has 2 heterocycles. The summed E-state index contributed by atoms with van der Waals surface area (Å²) < 4.78 is 27.6. The number of carbonyl (C=O) groups excluding carboxylic acids is 2. The molecule has 156 valence electrons. The number of halogens is 1. The van der Waals surface area contributed by atoms with Gasteiger partial charge in [0.25, 0.3) is 5.91 Å². The van der Waals surface area contributed by atoms with Crippen LogP contribution in [0.4, 0.5) is 0 Å². The summed E-state index contributed by atoms with van der Waals surface area (Å²) in [5, 5.41) is 0. The van der Waals surface area contributed by atoms with Crippen LogP contribution in [0.25, 0.3) is 0 Å². The molecule has 1 aromatic heterocycles. The molecule has 0 bridgehead atoms. The lowest BCUT2D eigenvalue weighted by Gasteiger charge is -2.32. The normalized spacial score (nSPS) is 15.7. The summed E-state index contributed by atoms with van der Waals surface area (Å²) >= 11 is 7.18. The van der Waals surface area contributed by atoms with E-state index in [9.17, 15) is 18.0 Å². The molecule has 2 rings (SSSR count). The van der Waals surface area contributed by atoms with E-state index in [-0.39, 0.29) is 29.9 Å². The number of rotatable bonds is 9. The number of nitrogens with zero attached hydrogens (tertiary/aromatic N) is 2. The summed E-state index contributed by atoms with van der Waals surface area (Å²) in [4.78, 5) is 29.2. The minimum atomic E-state index is -3.69. The molecule has 0 spiro atoms. The predicted octanol–water partition coefficient (Wildman–Crippen LogP) is 2.23. The van der Waals surface area contributed by atoms with Gasteiger partial charge in [-0.05, 0) is 52.3 Å². The van der Waals surface area contributed by atoms with Crippen molar-refractivity contribution in [2.75, 3.05) is 18.8 Å². The summed E-state index contributed by atoms with van der Waals surface area (Å²) in [5.41, 5.74) is -0.00328. The van der Waals surface area contributed by atoms with E-state index in [2.05, 4.69) is 4.72 Å². The molecule has 0 saturated heterocycles. The standard InChI is InChI=1S/C18H26ClN3O4S2/c1-5-21(12(2)3)17(23)13(4)22-10-8-15(18(22)24)20-28(25,26)11-9-14-6-7-16(19)27-14/h6-8,12-13,20H,5,9-11H2,1-4H3/t13-/m0/s1. The monoisotopic (exact) mass is 447 g/mol. The highest BCUT2D eigenvalue weighted by molar-refractivity contribution is 7.89. The SMILES string of the molecule is CCN(C(=O)[C@H](C)N1CC=C(NS(=O)(=O)CCc2ccc(Cl)s2)C1=O)C(C)C. The molecule has 0 saturated carbocycles. The highest BCUT2D eigenvalue weighted by Gasteiger charge is 2.35.